The summed E-state index contributed by atoms with van der Waals surface area (Å²) in [5, 5.41) is 5.29. The lowest BCUT2D eigenvalue weighted by Crippen LogP contribution is -2.30. The number of carbonyl (C=O) groups excluding carboxylic acids is 3. The van der Waals surface area contributed by atoms with E-state index in [2.05, 4.69) is 26.6 Å². The van der Waals surface area contributed by atoms with Crippen LogP contribution >= 0.6 is 15.9 Å². The van der Waals surface area contributed by atoms with Crippen LogP contribution in [-0.4, -0.2) is 35.9 Å². The smallest absolute Gasteiger partial charge is 0.328 e. The molecule has 8 heteroatoms. The number of rotatable bonds is 6. The Morgan fingerprint density at radius 1 is 1.21 bits per heavy atom. The zero-order valence-electron chi connectivity index (χ0n) is 15.1. The minimum absolute atomic E-state index is 0.145. The van der Waals surface area contributed by atoms with Gasteiger partial charge in [-0.15, -0.1) is 0 Å². The van der Waals surface area contributed by atoms with Crippen LogP contribution in [0.3, 0.4) is 0 Å². The first-order valence-electron chi connectivity index (χ1n) is 8.59. The molecule has 0 aliphatic carbocycles. The van der Waals surface area contributed by atoms with E-state index in [1.807, 2.05) is 18.2 Å². The first-order valence-corrected chi connectivity index (χ1v) is 9.39. The van der Waals surface area contributed by atoms with E-state index in [0.717, 1.165) is 4.90 Å². The average molecular weight is 444 g/mol. The molecule has 0 atom stereocenters. The van der Waals surface area contributed by atoms with Crippen LogP contribution in [0.4, 0.5) is 10.5 Å². The summed E-state index contributed by atoms with van der Waals surface area (Å²) in [6, 6.07) is 13.8. The third kappa shape index (κ3) is 4.58. The molecule has 144 valence electrons. The first kappa shape index (κ1) is 19.6. The molecule has 0 spiro atoms. The highest BCUT2D eigenvalue weighted by molar-refractivity contribution is 9.10. The van der Waals surface area contributed by atoms with Gasteiger partial charge in [-0.05, 0) is 58.8 Å². The molecule has 1 aliphatic rings. The standard InChI is InChI=1S/C20H18BrN3O4/c1-2-24-19(26)16(23-20(24)27)11-13-8-9-17(15(21)10-13)28-12-18(25)22-14-6-4-3-5-7-14/h3-11H,2,12H2,1H3,(H,22,25)(H,23,27)/b16-11+. The second-order valence-electron chi connectivity index (χ2n) is 5.93. The van der Waals surface area contributed by atoms with Gasteiger partial charge in [0.15, 0.2) is 6.61 Å². The van der Waals surface area contributed by atoms with Gasteiger partial charge in [0.2, 0.25) is 0 Å². The summed E-state index contributed by atoms with van der Waals surface area (Å²) in [4.78, 5) is 36.9. The van der Waals surface area contributed by atoms with E-state index in [9.17, 15) is 14.4 Å². The Balaban J connectivity index is 1.63. The topological polar surface area (TPSA) is 87.7 Å². The number of nitrogens with zero attached hydrogens (tertiary/aromatic N) is 1. The van der Waals surface area contributed by atoms with Crippen LogP contribution in [0.1, 0.15) is 12.5 Å². The van der Waals surface area contributed by atoms with E-state index < -0.39 is 6.03 Å². The van der Waals surface area contributed by atoms with Gasteiger partial charge in [0, 0.05) is 12.2 Å². The monoisotopic (exact) mass is 443 g/mol. The molecule has 0 aromatic heterocycles. The number of nitrogens with one attached hydrogen (secondary N) is 2. The number of amides is 4. The number of para-hydroxylation sites is 1. The second kappa shape index (κ2) is 8.71. The van der Waals surface area contributed by atoms with E-state index in [4.69, 9.17) is 4.74 Å². The molecule has 7 nitrogen and oxygen atoms in total. The average Bonchev–Trinajstić information content (AvgIpc) is 2.94. The molecule has 1 fully saturated rings. The molecule has 0 saturated carbocycles. The molecule has 0 radical (unpaired) electrons. The van der Waals surface area contributed by atoms with Crippen molar-refractivity contribution in [2.24, 2.45) is 0 Å². The number of anilines is 1. The van der Waals surface area contributed by atoms with Gasteiger partial charge < -0.3 is 15.4 Å². The molecule has 28 heavy (non-hydrogen) atoms. The molecule has 4 amide bonds. The van der Waals surface area contributed by atoms with Crippen LogP contribution in [0, 0.1) is 0 Å². The van der Waals surface area contributed by atoms with Crippen molar-refractivity contribution in [2.45, 2.75) is 6.92 Å². The number of likely N-dealkylation sites (N-methyl/N-ethyl adjacent to an activating group) is 1. The number of carbonyl (C=O) groups is 3. The molecule has 2 N–H and O–H groups in total. The maximum absolute atomic E-state index is 12.1. The number of urea groups is 1. The van der Waals surface area contributed by atoms with Gasteiger partial charge in [0.1, 0.15) is 11.4 Å². The molecule has 0 bridgehead atoms. The van der Waals surface area contributed by atoms with E-state index in [-0.39, 0.29) is 24.1 Å². The van der Waals surface area contributed by atoms with Gasteiger partial charge in [-0.1, -0.05) is 24.3 Å². The maximum Gasteiger partial charge on any atom is 0.328 e. The van der Waals surface area contributed by atoms with E-state index in [1.165, 1.54) is 0 Å². The van der Waals surface area contributed by atoms with Crippen molar-refractivity contribution in [2.75, 3.05) is 18.5 Å². The van der Waals surface area contributed by atoms with Crippen molar-refractivity contribution in [1.82, 2.24) is 10.2 Å². The summed E-state index contributed by atoms with van der Waals surface area (Å²) in [7, 11) is 0. The van der Waals surface area contributed by atoms with Crippen molar-refractivity contribution in [3.8, 4) is 5.75 Å². The lowest BCUT2D eigenvalue weighted by molar-refractivity contribution is -0.122. The van der Waals surface area contributed by atoms with Gasteiger partial charge >= 0.3 is 6.03 Å². The fourth-order valence-electron chi connectivity index (χ4n) is 2.61. The van der Waals surface area contributed by atoms with E-state index in [0.29, 0.717) is 28.0 Å². The number of hydrogen-bond donors (Lipinski definition) is 2. The third-order valence-corrected chi connectivity index (χ3v) is 4.58. The zero-order valence-corrected chi connectivity index (χ0v) is 16.7. The summed E-state index contributed by atoms with van der Waals surface area (Å²) >= 11 is 3.40. The molecular formula is C20H18BrN3O4. The van der Waals surface area contributed by atoms with Crippen molar-refractivity contribution in [1.29, 1.82) is 0 Å². The van der Waals surface area contributed by atoms with Gasteiger partial charge in [0.25, 0.3) is 11.8 Å². The van der Waals surface area contributed by atoms with Gasteiger partial charge in [-0.3, -0.25) is 14.5 Å². The normalized spacial score (nSPS) is 14.9. The summed E-state index contributed by atoms with van der Waals surface area (Å²) in [5.41, 5.74) is 1.62. The number of benzene rings is 2. The molecule has 0 unspecified atom stereocenters. The van der Waals surface area contributed by atoms with Crippen LogP contribution in [0.5, 0.6) is 5.75 Å². The van der Waals surface area contributed by atoms with Crippen molar-refractivity contribution >= 4 is 45.5 Å². The lowest BCUT2D eigenvalue weighted by Gasteiger charge is -2.09. The van der Waals surface area contributed by atoms with Gasteiger partial charge in [-0.2, -0.15) is 0 Å². The number of ether oxygens (including phenoxy) is 1. The molecular weight excluding hydrogens is 426 g/mol. The Bertz CT molecular complexity index is 944. The highest BCUT2D eigenvalue weighted by Crippen LogP contribution is 2.27. The number of halogens is 1. The first-order chi connectivity index (χ1) is 13.5. The van der Waals surface area contributed by atoms with Crippen LogP contribution in [0.25, 0.3) is 6.08 Å². The van der Waals surface area contributed by atoms with Crippen LogP contribution in [0.2, 0.25) is 0 Å². The Kier molecular flexibility index (Phi) is 6.10. The summed E-state index contributed by atoms with van der Waals surface area (Å²) in [6.45, 7) is 1.90. The van der Waals surface area contributed by atoms with Crippen LogP contribution in [-0.2, 0) is 9.59 Å². The molecule has 3 rings (SSSR count). The largest absolute Gasteiger partial charge is 0.483 e. The molecule has 2 aromatic rings. The predicted molar refractivity (Wildman–Crippen MR) is 109 cm³/mol. The third-order valence-electron chi connectivity index (χ3n) is 3.96. The lowest BCUT2D eigenvalue weighted by atomic mass is 10.2. The highest BCUT2D eigenvalue weighted by atomic mass is 79.9. The summed E-state index contributed by atoms with van der Waals surface area (Å²) in [5.74, 6) is -0.146. The van der Waals surface area contributed by atoms with Gasteiger partial charge in [0.05, 0.1) is 4.47 Å². The van der Waals surface area contributed by atoms with Crippen LogP contribution in [0.15, 0.2) is 58.7 Å². The molecule has 1 saturated heterocycles. The Hall–Kier alpha value is -3.13. The Morgan fingerprint density at radius 2 is 1.96 bits per heavy atom. The summed E-state index contributed by atoms with van der Waals surface area (Å²) in [6.07, 6.45) is 1.59. The zero-order chi connectivity index (χ0) is 20.1. The van der Waals surface area contributed by atoms with Crippen molar-refractivity contribution in [3.63, 3.8) is 0 Å². The second-order valence-corrected chi connectivity index (χ2v) is 6.78. The minimum atomic E-state index is -0.429. The van der Waals surface area contributed by atoms with Gasteiger partial charge in [-0.25, -0.2) is 4.79 Å². The molecule has 2 aromatic carbocycles. The van der Waals surface area contributed by atoms with Crippen molar-refractivity contribution in [3.05, 3.63) is 64.3 Å². The number of imide groups is 1. The van der Waals surface area contributed by atoms with Crippen molar-refractivity contribution < 1.29 is 19.1 Å². The quantitative estimate of drug-likeness (QED) is 0.529. The fourth-order valence-corrected chi connectivity index (χ4v) is 3.12. The molecule has 1 aliphatic heterocycles. The highest BCUT2D eigenvalue weighted by Gasteiger charge is 2.31. The Labute approximate surface area is 170 Å². The SMILES string of the molecule is CCN1C(=O)N/C(=C/c2ccc(OCC(=O)Nc3ccccc3)c(Br)c2)C1=O. The summed E-state index contributed by atoms with van der Waals surface area (Å²) < 4.78 is 6.17. The fraction of sp³-hybridized carbons (Fsp3) is 0.150. The van der Waals surface area contributed by atoms with Crippen LogP contribution < -0.4 is 15.4 Å². The molecule has 1 heterocycles. The Morgan fingerprint density at radius 3 is 2.61 bits per heavy atom. The minimum Gasteiger partial charge on any atom is -0.483 e. The predicted octanol–water partition coefficient (Wildman–Crippen LogP) is 3.38. The number of hydrogen-bond acceptors (Lipinski definition) is 4. The van der Waals surface area contributed by atoms with E-state index in [1.54, 1.807) is 43.3 Å². The van der Waals surface area contributed by atoms with E-state index >= 15 is 0 Å². The maximum atomic E-state index is 12.1.